The molecule has 2 fully saturated rings. The van der Waals surface area contributed by atoms with Crippen molar-refractivity contribution in [1.82, 2.24) is 20.6 Å². The van der Waals surface area contributed by atoms with E-state index in [0.717, 1.165) is 25.1 Å². The lowest BCUT2D eigenvalue weighted by atomic mass is 10.2. The third kappa shape index (κ3) is 2.44. The number of hydrogen-bond acceptors (Lipinski definition) is 4. The van der Waals surface area contributed by atoms with Crippen molar-refractivity contribution in [1.29, 1.82) is 0 Å². The topological polar surface area (TPSA) is 66.9 Å². The van der Waals surface area contributed by atoms with E-state index in [1.807, 2.05) is 0 Å². The van der Waals surface area contributed by atoms with Crippen LogP contribution in [0.4, 0.5) is 0 Å². The number of rotatable bonds is 3. The highest BCUT2D eigenvalue weighted by Gasteiger charge is 2.25. The molecule has 2 heterocycles. The smallest absolute Gasteiger partial charge is 0.289 e. The standard InChI is InChI=1S/C12H16N4O/c17-12(16-10-3-4-13-7-10)11-14-5-9(6-15-11)8-1-2-8/h5-6,8,10,13H,1-4,7H2,(H,16,17)/t10-/m0/s1. The van der Waals surface area contributed by atoms with Gasteiger partial charge in [0.25, 0.3) is 5.91 Å². The van der Waals surface area contributed by atoms with Gasteiger partial charge < -0.3 is 10.6 Å². The number of hydrogen-bond donors (Lipinski definition) is 2. The van der Waals surface area contributed by atoms with Crippen LogP contribution in [0.5, 0.6) is 0 Å². The first kappa shape index (κ1) is 10.7. The molecule has 2 aliphatic rings. The van der Waals surface area contributed by atoms with Crippen molar-refractivity contribution in [2.75, 3.05) is 13.1 Å². The molecule has 0 spiro atoms. The Bertz CT molecular complexity index is 407. The highest BCUT2D eigenvalue weighted by atomic mass is 16.2. The van der Waals surface area contributed by atoms with Gasteiger partial charge in [-0.15, -0.1) is 0 Å². The van der Waals surface area contributed by atoms with Crippen LogP contribution in [0.2, 0.25) is 0 Å². The summed E-state index contributed by atoms with van der Waals surface area (Å²) in [6.45, 7) is 1.80. The Hall–Kier alpha value is -1.49. The van der Waals surface area contributed by atoms with Crippen LogP contribution < -0.4 is 10.6 Å². The van der Waals surface area contributed by atoms with Crippen LogP contribution in [0.3, 0.4) is 0 Å². The quantitative estimate of drug-likeness (QED) is 0.794. The number of nitrogens with zero attached hydrogens (tertiary/aromatic N) is 2. The van der Waals surface area contributed by atoms with E-state index in [2.05, 4.69) is 20.6 Å². The van der Waals surface area contributed by atoms with E-state index < -0.39 is 0 Å². The van der Waals surface area contributed by atoms with Crippen LogP contribution in [-0.4, -0.2) is 35.0 Å². The van der Waals surface area contributed by atoms with Gasteiger partial charge in [0.15, 0.2) is 0 Å². The van der Waals surface area contributed by atoms with Crippen LogP contribution in [0, 0.1) is 0 Å². The second-order valence-electron chi connectivity index (χ2n) is 4.78. The average molecular weight is 232 g/mol. The average Bonchev–Trinajstić information content (AvgIpc) is 3.09. The van der Waals surface area contributed by atoms with Crippen molar-refractivity contribution < 1.29 is 4.79 Å². The van der Waals surface area contributed by atoms with E-state index in [0.29, 0.717) is 5.92 Å². The molecule has 0 aromatic carbocycles. The van der Waals surface area contributed by atoms with Gasteiger partial charge in [-0.05, 0) is 37.3 Å². The molecule has 1 saturated heterocycles. The molecule has 3 rings (SSSR count). The maximum Gasteiger partial charge on any atom is 0.289 e. The van der Waals surface area contributed by atoms with Crippen molar-refractivity contribution in [3.8, 4) is 0 Å². The largest absolute Gasteiger partial charge is 0.345 e. The fourth-order valence-corrected chi connectivity index (χ4v) is 2.11. The fraction of sp³-hybridized carbons (Fsp3) is 0.583. The molecular formula is C12H16N4O. The molecule has 1 aliphatic heterocycles. The summed E-state index contributed by atoms with van der Waals surface area (Å²) < 4.78 is 0. The second-order valence-corrected chi connectivity index (χ2v) is 4.78. The van der Waals surface area contributed by atoms with Gasteiger partial charge in [-0.25, -0.2) is 9.97 Å². The first-order chi connectivity index (χ1) is 8.33. The summed E-state index contributed by atoms with van der Waals surface area (Å²) in [5, 5.41) is 6.14. The van der Waals surface area contributed by atoms with E-state index in [4.69, 9.17) is 0 Å². The number of amides is 1. The Labute approximate surface area is 100 Å². The van der Waals surface area contributed by atoms with Crippen molar-refractivity contribution in [3.05, 3.63) is 23.8 Å². The molecule has 1 amide bonds. The van der Waals surface area contributed by atoms with Crippen LogP contribution in [0.15, 0.2) is 12.4 Å². The number of carbonyl (C=O) groups excluding carboxylic acids is 1. The molecule has 1 aromatic heterocycles. The highest BCUT2D eigenvalue weighted by molar-refractivity contribution is 5.90. The maximum absolute atomic E-state index is 11.8. The van der Waals surface area contributed by atoms with Gasteiger partial charge in [0.05, 0.1) is 0 Å². The minimum atomic E-state index is -0.166. The summed E-state index contributed by atoms with van der Waals surface area (Å²) in [7, 11) is 0. The third-order valence-corrected chi connectivity index (χ3v) is 3.32. The highest BCUT2D eigenvalue weighted by Crippen LogP contribution is 2.39. The Morgan fingerprint density at radius 1 is 1.29 bits per heavy atom. The maximum atomic E-state index is 11.8. The minimum absolute atomic E-state index is 0.166. The summed E-state index contributed by atoms with van der Waals surface area (Å²) >= 11 is 0. The Balaban J connectivity index is 1.63. The van der Waals surface area contributed by atoms with Gasteiger partial charge in [-0.2, -0.15) is 0 Å². The molecule has 1 aliphatic carbocycles. The van der Waals surface area contributed by atoms with Crippen LogP contribution in [0.1, 0.15) is 41.4 Å². The van der Waals surface area contributed by atoms with Gasteiger partial charge in [-0.3, -0.25) is 4.79 Å². The lowest BCUT2D eigenvalue weighted by Gasteiger charge is -2.10. The van der Waals surface area contributed by atoms with Gasteiger partial charge in [0.2, 0.25) is 5.82 Å². The van der Waals surface area contributed by atoms with E-state index in [1.165, 1.54) is 12.8 Å². The summed E-state index contributed by atoms with van der Waals surface area (Å²) in [5.74, 6) is 0.744. The predicted octanol–water partition coefficient (Wildman–Crippen LogP) is 0.446. The second kappa shape index (κ2) is 4.41. The van der Waals surface area contributed by atoms with E-state index in [1.54, 1.807) is 12.4 Å². The number of aromatic nitrogens is 2. The lowest BCUT2D eigenvalue weighted by molar-refractivity contribution is 0.0929. The first-order valence-corrected chi connectivity index (χ1v) is 6.16. The number of nitrogens with one attached hydrogen (secondary N) is 2. The molecule has 0 unspecified atom stereocenters. The zero-order valence-corrected chi connectivity index (χ0v) is 9.65. The molecule has 0 radical (unpaired) electrons. The minimum Gasteiger partial charge on any atom is -0.345 e. The van der Waals surface area contributed by atoms with Crippen LogP contribution >= 0.6 is 0 Å². The molecule has 90 valence electrons. The molecule has 0 bridgehead atoms. The summed E-state index contributed by atoms with van der Waals surface area (Å²) in [5.41, 5.74) is 1.16. The van der Waals surface area contributed by atoms with Gasteiger partial charge in [-0.1, -0.05) is 0 Å². The lowest BCUT2D eigenvalue weighted by Crippen LogP contribution is -2.37. The Kier molecular flexibility index (Phi) is 2.76. The molecule has 17 heavy (non-hydrogen) atoms. The molecular weight excluding hydrogens is 216 g/mol. The number of carbonyl (C=O) groups is 1. The summed E-state index contributed by atoms with van der Waals surface area (Å²) in [6.07, 6.45) is 7.00. The SMILES string of the molecule is O=C(N[C@H]1CCNC1)c1ncc(C2CC2)cn1. The normalized spacial score (nSPS) is 23.6. The molecule has 2 N–H and O–H groups in total. The van der Waals surface area contributed by atoms with E-state index in [-0.39, 0.29) is 17.8 Å². The summed E-state index contributed by atoms with van der Waals surface area (Å²) in [6, 6.07) is 0.217. The summed E-state index contributed by atoms with van der Waals surface area (Å²) in [4.78, 5) is 20.1. The monoisotopic (exact) mass is 232 g/mol. The predicted molar refractivity (Wildman–Crippen MR) is 62.7 cm³/mol. The molecule has 5 nitrogen and oxygen atoms in total. The molecule has 5 heteroatoms. The van der Waals surface area contributed by atoms with Gasteiger partial charge in [0, 0.05) is 25.0 Å². The molecule has 1 aromatic rings. The van der Waals surface area contributed by atoms with Gasteiger partial charge in [0.1, 0.15) is 0 Å². The zero-order chi connectivity index (χ0) is 11.7. The molecule has 1 atom stereocenters. The fourth-order valence-electron chi connectivity index (χ4n) is 2.11. The van der Waals surface area contributed by atoms with E-state index in [9.17, 15) is 4.79 Å². The third-order valence-electron chi connectivity index (χ3n) is 3.32. The molecule has 1 saturated carbocycles. The van der Waals surface area contributed by atoms with Crippen molar-refractivity contribution in [2.45, 2.75) is 31.2 Å². The van der Waals surface area contributed by atoms with E-state index >= 15 is 0 Å². The first-order valence-electron chi connectivity index (χ1n) is 6.16. The van der Waals surface area contributed by atoms with Crippen molar-refractivity contribution >= 4 is 5.91 Å². The van der Waals surface area contributed by atoms with Crippen LogP contribution in [0.25, 0.3) is 0 Å². The van der Waals surface area contributed by atoms with Crippen molar-refractivity contribution in [3.63, 3.8) is 0 Å². The van der Waals surface area contributed by atoms with Gasteiger partial charge >= 0.3 is 0 Å². The van der Waals surface area contributed by atoms with Crippen molar-refractivity contribution in [2.24, 2.45) is 0 Å². The Morgan fingerprint density at radius 2 is 2.06 bits per heavy atom. The van der Waals surface area contributed by atoms with Crippen LogP contribution in [-0.2, 0) is 0 Å². The zero-order valence-electron chi connectivity index (χ0n) is 9.65. The Morgan fingerprint density at radius 3 is 2.65 bits per heavy atom.